The minimum atomic E-state index is -0.901. The van der Waals surface area contributed by atoms with Gasteiger partial charge < -0.3 is 14.6 Å². The molecule has 0 saturated carbocycles. The number of amides is 1. The number of carbonyl (C=O) groups excluding carboxylic acids is 2. The summed E-state index contributed by atoms with van der Waals surface area (Å²) in [5, 5.41) is 20.9. The first-order valence-corrected chi connectivity index (χ1v) is 8.34. The van der Waals surface area contributed by atoms with Crippen LogP contribution in [0.1, 0.15) is 12.5 Å². The molecule has 0 bridgehead atoms. The number of phenolic OH excluding ortho intramolecular Hbond substituents is 1. The number of rotatable bonds is 5. The number of benzene rings is 1. The van der Waals surface area contributed by atoms with Crippen molar-refractivity contribution in [2.24, 2.45) is 0 Å². The summed E-state index contributed by atoms with van der Waals surface area (Å²) in [6.07, 6.45) is 1.37. The van der Waals surface area contributed by atoms with E-state index in [4.69, 9.17) is 17.0 Å². The van der Waals surface area contributed by atoms with Crippen LogP contribution in [-0.2, 0) is 14.3 Å². The summed E-state index contributed by atoms with van der Waals surface area (Å²) < 4.78 is 9.71. The van der Waals surface area contributed by atoms with Crippen LogP contribution in [0.15, 0.2) is 17.0 Å². The Balaban J connectivity index is 2.43. The van der Waals surface area contributed by atoms with Gasteiger partial charge in [-0.15, -0.1) is 0 Å². The summed E-state index contributed by atoms with van der Waals surface area (Å²) in [6.45, 7) is 1.48. The van der Waals surface area contributed by atoms with Crippen molar-refractivity contribution in [2.75, 3.05) is 14.2 Å². The highest BCUT2D eigenvalue weighted by Gasteiger charge is 2.38. The first kappa shape index (κ1) is 19.7. The molecule has 138 valence electrons. The summed E-state index contributed by atoms with van der Waals surface area (Å²) in [4.78, 5) is 35.8. The maximum atomic E-state index is 12.5. The van der Waals surface area contributed by atoms with Gasteiger partial charge in [-0.25, -0.2) is 4.79 Å². The molecule has 1 atom stereocenters. The minimum absolute atomic E-state index is 0.108. The van der Waals surface area contributed by atoms with E-state index in [0.29, 0.717) is 0 Å². The number of thiocarbonyl (C=S) groups is 1. The van der Waals surface area contributed by atoms with Gasteiger partial charge in [-0.1, -0.05) is 24.0 Å². The first-order chi connectivity index (χ1) is 12.2. The summed E-state index contributed by atoms with van der Waals surface area (Å²) in [6, 6.07) is 1.55. The molecule has 1 N–H and O–H groups in total. The minimum Gasteiger partial charge on any atom is -0.500 e. The highest BCUT2D eigenvalue weighted by molar-refractivity contribution is 8.26. The number of thioether (sulfide) groups is 1. The third-order valence-corrected chi connectivity index (χ3v) is 4.88. The van der Waals surface area contributed by atoms with E-state index in [1.54, 1.807) is 0 Å². The standard InChI is InChI=1S/C15H14N2O7S2/c1-7(14(20)24-3)16-13(19)11(26-15(16)25)6-8-4-9(17(21)22)12(18)10(5-8)23-2/h4-7,18H,1-3H3. The number of hydrogen-bond donors (Lipinski definition) is 1. The Morgan fingerprint density at radius 2 is 2.12 bits per heavy atom. The Morgan fingerprint density at radius 3 is 2.65 bits per heavy atom. The number of aromatic hydroxyl groups is 1. The maximum Gasteiger partial charge on any atom is 0.328 e. The molecule has 0 aromatic heterocycles. The van der Waals surface area contributed by atoms with E-state index in [1.165, 1.54) is 33.3 Å². The zero-order chi connectivity index (χ0) is 19.6. The van der Waals surface area contributed by atoms with Gasteiger partial charge in [-0.05, 0) is 24.6 Å². The second-order valence-electron chi connectivity index (χ2n) is 5.10. The average Bonchev–Trinajstić information content (AvgIpc) is 2.88. The van der Waals surface area contributed by atoms with Crippen molar-refractivity contribution in [3.63, 3.8) is 0 Å². The fourth-order valence-corrected chi connectivity index (χ4v) is 3.65. The van der Waals surface area contributed by atoms with Crippen LogP contribution in [0.2, 0.25) is 0 Å². The fraction of sp³-hybridized carbons (Fsp3) is 0.267. The van der Waals surface area contributed by atoms with E-state index in [1.807, 2.05) is 0 Å². The van der Waals surface area contributed by atoms with Gasteiger partial charge in [-0.2, -0.15) is 0 Å². The summed E-state index contributed by atoms with van der Waals surface area (Å²) in [5.74, 6) is -1.86. The first-order valence-electron chi connectivity index (χ1n) is 7.11. The molecule has 1 aromatic rings. The quantitative estimate of drug-likeness (QED) is 0.261. The summed E-state index contributed by atoms with van der Waals surface area (Å²) >= 11 is 6.09. The van der Waals surface area contributed by atoms with Crippen LogP contribution >= 0.6 is 24.0 Å². The van der Waals surface area contributed by atoms with Gasteiger partial charge in [0, 0.05) is 6.07 Å². The van der Waals surface area contributed by atoms with Gasteiger partial charge in [0.2, 0.25) is 5.75 Å². The van der Waals surface area contributed by atoms with E-state index < -0.39 is 34.3 Å². The van der Waals surface area contributed by atoms with Gasteiger partial charge >= 0.3 is 11.7 Å². The van der Waals surface area contributed by atoms with E-state index in [0.717, 1.165) is 22.7 Å². The van der Waals surface area contributed by atoms with Crippen molar-refractivity contribution in [1.29, 1.82) is 0 Å². The van der Waals surface area contributed by atoms with E-state index >= 15 is 0 Å². The lowest BCUT2D eigenvalue weighted by Gasteiger charge is -2.20. The van der Waals surface area contributed by atoms with Crippen LogP contribution < -0.4 is 4.74 Å². The number of carbonyl (C=O) groups is 2. The van der Waals surface area contributed by atoms with Crippen LogP contribution in [-0.4, -0.2) is 51.4 Å². The molecule has 11 heteroatoms. The average molecular weight is 398 g/mol. The number of esters is 1. The molecule has 0 spiro atoms. The van der Waals surface area contributed by atoms with E-state index in [2.05, 4.69) is 4.74 Å². The lowest BCUT2D eigenvalue weighted by atomic mass is 10.1. The molecule has 26 heavy (non-hydrogen) atoms. The van der Waals surface area contributed by atoms with Crippen molar-refractivity contribution in [3.05, 3.63) is 32.7 Å². The molecule has 1 unspecified atom stereocenters. The third kappa shape index (κ3) is 3.63. The monoisotopic (exact) mass is 398 g/mol. The molecule has 1 aliphatic rings. The normalized spacial score (nSPS) is 16.7. The molecular formula is C15H14N2O7S2. The van der Waals surface area contributed by atoms with E-state index in [9.17, 15) is 24.8 Å². The van der Waals surface area contributed by atoms with E-state index in [-0.39, 0.29) is 20.5 Å². The zero-order valence-corrected chi connectivity index (χ0v) is 15.6. The molecule has 9 nitrogen and oxygen atoms in total. The molecule has 1 heterocycles. The number of hydrogen-bond acceptors (Lipinski definition) is 9. The van der Waals surface area contributed by atoms with Gasteiger partial charge in [-0.3, -0.25) is 19.8 Å². The smallest absolute Gasteiger partial charge is 0.328 e. The molecule has 0 radical (unpaired) electrons. The lowest BCUT2D eigenvalue weighted by molar-refractivity contribution is -0.386. The zero-order valence-electron chi connectivity index (χ0n) is 13.9. The number of ether oxygens (including phenoxy) is 2. The highest BCUT2D eigenvalue weighted by atomic mass is 32.2. The molecule has 1 fully saturated rings. The van der Waals surface area contributed by atoms with Crippen molar-refractivity contribution in [1.82, 2.24) is 4.90 Å². The Morgan fingerprint density at radius 1 is 1.46 bits per heavy atom. The van der Waals surface area contributed by atoms with Crippen LogP contribution in [0.5, 0.6) is 11.5 Å². The Hall–Kier alpha value is -2.66. The van der Waals surface area contributed by atoms with Crippen molar-refractivity contribution in [3.8, 4) is 11.5 Å². The second kappa shape index (κ2) is 7.70. The number of nitrogens with zero attached hydrogens (tertiary/aromatic N) is 2. The van der Waals surface area contributed by atoms with Gasteiger partial charge in [0.05, 0.1) is 24.0 Å². The predicted octanol–water partition coefficient (Wildman–Crippen LogP) is 2.07. The summed E-state index contributed by atoms with van der Waals surface area (Å²) in [5.41, 5.74) is -0.299. The largest absolute Gasteiger partial charge is 0.500 e. The fourth-order valence-electron chi connectivity index (χ4n) is 2.23. The van der Waals surface area contributed by atoms with Gasteiger partial charge in [0.15, 0.2) is 5.75 Å². The number of nitro groups is 1. The maximum absolute atomic E-state index is 12.5. The molecule has 1 amide bonds. The van der Waals surface area contributed by atoms with Crippen LogP contribution in [0.4, 0.5) is 5.69 Å². The van der Waals surface area contributed by atoms with Crippen molar-refractivity contribution >= 4 is 51.9 Å². The third-order valence-electron chi connectivity index (χ3n) is 3.54. The van der Waals surface area contributed by atoms with Crippen LogP contribution in [0.3, 0.4) is 0 Å². The second-order valence-corrected chi connectivity index (χ2v) is 6.77. The van der Waals surface area contributed by atoms with Crippen LogP contribution in [0, 0.1) is 10.1 Å². The molecule has 1 aromatic carbocycles. The SMILES string of the molecule is COC(=O)C(C)N1C(=O)C(=Cc2cc(OC)c(O)c([N+](=O)[O-])c2)SC1=S. The molecule has 0 aliphatic carbocycles. The number of methoxy groups -OCH3 is 2. The molecular weight excluding hydrogens is 384 g/mol. The van der Waals surface area contributed by atoms with Crippen LogP contribution in [0.25, 0.3) is 6.08 Å². The molecule has 2 rings (SSSR count). The Bertz CT molecular complexity index is 838. The van der Waals surface area contributed by atoms with Gasteiger partial charge in [0.1, 0.15) is 10.4 Å². The lowest BCUT2D eigenvalue weighted by Crippen LogP contribution is -2.42. The highest BCUT2D eigenvalue weighted by Crippen LogP contribution is 2.39. The summed E-state index contributed by atoms with van der Waals surface area (Å²) in [7, 11) is 2.45. The van der Waals surface area contributed by atoms with Crippen molar-refractivity contribution in [2.45, 2.75) is 13.0 Å². The Labute approximate surface area is 157 Å². The Kier molecular flexibility index (Phi) is 5.83. The molecule has 1 saturated heterocycles. The van der Waals surface area contributed by atoms with Gasteiger partial charge in [0.25, 0.3) is 5.91 Å². The predicted molar refractivity (Wildman–Crippen MR) is 97.8 cm³/mol. The number of nitro benzene ring substituents is 1. The molecule has 1 aliphatic heterocycles. The number of phenols is 1. The topological polar surface area (TPSA) is 119 Å². The van der Waals surface area contributed by atoms with Crippen molar-refractivity contribution < 1.29 is 29.1 Å².